The number of carbonyl (C=O) groups excluding carboxylic acids is 1. The van der Waals surface area contributed by atoms with Crippen LogP contribution in [-0.4, -0.2) is 6.03 Å². The normalized spacial score (nSPS) is 9.18. The van der Waals surface area contributed by atoms with Gasteiger partial charge in [0.2, 0.25) is 0 Å². The largest absolute Gasteiger partial charge is 0.351 e. The molecule has 0 aliphatic rings. The number of benzene rings is 1. The molecule has 0 spiro atoms. The molecule has 0 fully saturated rings. The fraction of sp³-hybridized carbons (Fsp3) is 0. The third-order valence-electron chi connectivity index (χ3n) is 1.18. The van der Waals surface area contributed by atoms with Gasteiger partial charge in [-0.3, -0.25) is 0 Å². The fourth-order valence-corrected chi connectivity index (χ4v) is 0.901. The van der Waals surface area contributed by atoms with Gasteiger partial charge in [0.1, 0.15) is 0 Å². The van der Waals surface area contributed by atoms with Crippen LogP contribution >= 0.6 is 9.24 Å². The molecular formula is C7H9N2OP. The number of hydrogen-bond acceptors (Lipinski definition) is 1. The Kier molecular flexibility index (Phi) is 2.44. The molecule has 1 rings (SSSR count). The number of nitrogens with one attached hydrogen (secondary N) is 1. The lowest BCUT2D eigenvalue weighted by Crippen LogP contribution is -2.19. The van der Waals surface area contributed by atoms with Crippen LogP contribution in [0.5, 0.6) is 0 Å². The molecule has 0 saturated heterocycles. The maximum absolute atomic E-state index is 10.4. The number of urea groups is 1. The molecule has 1 unspecified atom stereocenters. The van der Waals surface area contributed by atoms with Crippen LogP contribution in [0.2, 0.25) is 0 Å². The van der Waals surface area contributed by atoms with Crippen LogP contribution in [-0.2, 0) is 0 Å². The second-order valence-electron chi connectivity index (χ2n) is 2.11. The molecule has 0 heterocycles. The monoisotopic (exact) mass is 168 g/mol. The minimum atomic E-state index is -0.540. The molecule has 1 aromatic carbocycles. The van der Waals surface area contributed by atoms with Crippen molar-refractivity contribution < 1.29 is 4.79 Å². The molecule has 4 heteroatoms. The average molecular weight is 168 g/mol. The Morgan fingerprint density at radius 3 is 2.36 bits per heavy atom. The van der Waals surface area contributed by atoms with Crippen molar-refractivity contribution in [1.29, 1.82) is 0 Å². The third kappa shape index (κ3) is 2.56. The van der Waals surface area contributed by atoms with Crippen molar-refractivity contribution in [3.05, 3.63) is 24.3 Å². The summed E-state index contributed by atoms with van der Waals surface area (Å²) < 4.78 is 0. The molecule has 3 nitrogen and oxygen atoms in total. The molecular weight excluding hydrogens is 159 g/mol. The summed E-state index contributed by atoms with van der Waals surface area (Å²) >= 11 is 0. The van der Waals surface area contributed by atoms with E-state index in [4.69, 9.17) is 5.73 Å². The van der Waals surface area contributed by atoms with Gasteiger partial charge in [-0.2, -0.15) is 0 Å². The Hall–Kier alpha value is -1.08. The third-order valence-corrected chi connectivity index (χ3v) is 1.56. The number of primary amides is 1. The Balaban J connectivity index is 2.74. The molecule has 0 aliphatic carbocycles. The highest BCUT2D eigenvalue weighted by atomic mass is 31.0. The van der Waals surface area contributed by atoms with Crippen LogP contribution in [0.3, 0.4) is 0 Å². The Morgan fingerprint density at radius 2 is 1.91 bits per heavy atom. The van der Waals surface area contributed by atoms with E-state index in [-0.39, 0.29) is 0 Å². The van der Waals surface area contributed by atoms with E-state index >= 15 is 0 Å². The quantitative estimate of drug-likeness (QED) is 0.595. The summed E-state index contributed by atoms with van der Waals surface area (Å²) in [4.78, 5) is 10.4. The zero-order valence-corrected chi connectivity index (χ0v) is 7.03. The van der Waals surface area contributed by atoms with Crippen molar-refractivity contribution in [3.8, 4) is 0 Å². The highest BCUT2D eigenvalue weighted by Gasteiger charge is 1.92. The number of rotatable bonds is 1. The first-order valence-electron chi connectivity index (χ1n) is 3.10. The first-order valence-corrected chi connectivity index (χ1v) is 3.68. The van der Waals surface area contributed by atoms with E-state index in [0.29, 0.717) is 5.69 Å². The Morgan fingerprint density at radius 1 is 1.36 bits per heavy atom. The first kappa shape index (κ1) is 8.02. The van der Waals surface area contributed by atoms with Crippen LogP contribution in [0.15, 0.2) is 24.3 Å². The lowest BCUT2D eigenvalue weighted by molar-refractivity contribution is 0.259. The topological polar surface area (TPSA) is 55.1 Å². The first-order chi connectivity index (χ1) is 5.18. The zero-order valence-electron chi connectivity index (χ0n) is 5.87. The maximum atomic E-state index is 10.4. The van der Waals surface area contributed by atoms with Crippen molar-refractivity contribution in [2.75, 3.05) is 5.32 Å². The van der Waals surface area contributed by atoms with Gasteiger partial charge in [0, 0.05) is 5.69 Å². The molecule has 1 atom stereocenters. The van der Waals surface area contributed by atoms with Gasteiger partial charge in [-0.05, 0) is 17.4 Å². The lowest BCUT2D eigenvalue weighted by atomic mass is 10.3. The molecule has 2 amide bonds. The van der Waals surface area contributed by atoms with Gasteiger partial charge in [-0.15, -0.1) is 9.24 Å². The summed E-state index contributed by atoms with van der Waals surface area (Å²) in [6.45, 7) is 0. The second-order valence-corrected chi connectivity index (χ2v) is 2.78. The molecule has 1 aromatic rings. The van der Waals surface area contributed by atoms with Gasteiger partial charge < -0.3 is 11.1 Å². The Bertz CT molecular complexity index is 258. The van der Waals surface area contributed by atoms with E-state index in [2.05, 4.69) is 14.6 Å². The van der Waals surface area contributed by atoms with Gasteiger partial charge in [-0.1, -0.05) is 12.1 Å². The maximum Gasteiger partial charge on any atom is 0.316 e. The van der Waals surface area contributed by atoms with Crippen LogP contribution < -0.4 is 16.4 Å². The summed E-state index contributed by atoms with van der Waals surface area (Å²) in [6.07, 6.45) is 0. The van der Waals surface area contributed by atoms with Crippen molar-refractivity contribution in [2.24, 2.45) is 5.73 Å². The van der Waals surface area contributed by atoms with Gasteiger partial charge in [-0.25, -0.2) is 4.79 Å². The summed E-state index contributed by atoms with van der Waals surface area (Å²) in [5.74, 6) is 0. The molecule has 0 saturated carbocycles. The number of nitrogens with two attached hydrogens (primary N) is 1. The average Bonchev–Trinajstić information content (AvgIpc) is 1.93. The highest BCUT2D eigenvalue weighted by molar-refractivity contribution is 7.27. The number of amides is 2. The van der Waals surface area contributed by atoms with E-state index < -0.39 is 6.03 Å². The van der Waals surface area contributed by atoms with E-state index in [1.54, 1.807) is 12.1 Å². The van der Waals surface area contributed by atoms with Gasteiger partial charge >= 0.3 is 6.03 Å². The smallest absolute Gasteiger partial charge is 0.316 e. The standard InChI is InChI=1S/C7H9N2OP/c8-7(10)9-5-1-3-6(11)4-2-5/h1-4H,11H2,(H3,8,9,10). The molecule has 0 bridgehead atoms. The molecule has 58 valence electrons. The minimum absolute atomic E-state index is 0.540. The zero-order chi connectivity index (χ0) is 8.27. The van der Waals surface area contributed by atoms with Crippen molar-refractivity contribution >= 4 is 26.3 Å². The van der Waals surface area contributed by atoms with Crippen LogP contribution in [0.25, 0.3) is 0 Å². The summed E-state index contributed by atoms with van der Waals surface area (Å²) in [6, 6.07) is 6.77. The summed E-state index contributed by atoms with van der Waals surface area (Å²) in [7, 11) is 2.55. The van der Waals surface area contributed by atoms with Gasteiger partial charge in [0.05, 0.1) is 0 Å². The van der Waals surface area contributed by atoms with Gasteiger partial charge in [0.15, 0.2) is 0 Å². The molecule has 0 radical (unpaired) electrons. The predicted molar refractivity (Wildman–Crippen MR) is 49.0 cm³/mol. The van der Waals surface area contributed by atoms with E-state index in [1.165, 1.54) is 0 Å². The van der Waals surface area contributed by atoms with Crippen LogP contribution in [0.1, 0.15) is 0 Å². The van der Waals surface area contributed by atoms with Crippen LogP contribution in [0.4, 0.5) is 10.5 Å². The Labute approximate surface area is 67.2 Å². The summed E-state index contributed by atoms with van der Waals surface area (Å²) in [5.41, 5.74) is 5.62. The highest BCUT2D eigenvalue weighted by Crippen LogP contribution is 2.04. The lowest BCUT2D eigenvalue weighted by Gasteiger charge is -2.00. The molecule has 3 N–H and O–H groups in total. The number of carbonyl (C=O) groups is 1. The molecule has 0 aliphatic heterocycles. The van der Waals surface area contributed by atoms with Gasteiger partial charge in [0.25, 0.3) is 0 Å². The number of anilines is 1. The van der Waals surface area contributed by atoms with Crippen molar-refractivity contribution in [1.82, 2.24) is 0 Å². The van der Waals surface area contributed by atoms with Crippen molar-refractivity contribution in [3.63, 3.8) is 0 Å². The van der Waals surface area contributed by atoms with Crippen LogP contribution in [0, 0.1) is 0 Å². The fourth-order valence-electron chi connectivity index (χ4n) is 0.709. The minimum Gasteiger partial charge on any atom is -0.351 e. The SMILES string of the molecule is NC(=O)Nc1ccc(P)cc1. The predicted octanol–water partition coefficient (Wildman–Crippen LogP) is 0.678. The van der Waals surface area contributed by atoms with E-state index in [0.717, 1.165) is 5.30 Å². The summed E-state index contributed by atoms with van der Waals surface area (Å²) in [5, 5.41) is 3.53. The molecule has 11 heavy (non-hydrogen) atoms. The van der Waals surface area contributed by atoms with E-state index in [9.17, 15) is 4.79 Å². The van der Waals surface area contributed by atoms with Crippen molar-refractivity contribution in [2.45, 2.75) is 0 Å². The molecule has 0 aromatic heterocycles. The van der Waals surface area contributed by atoms with E-state index in [1.807, 2.05) is 12.1 Å². The number of hydrogen-bond donors (Lipinski definition) is 2. The second kappa shape index (κ2) is 3.35.